The highest BCUT2D eigenvalue weighted by molar-refractivity contribution is 5.84. The molecule has 1 aromatic heterocycles. The van der Waals surface area contributed by atoms with E-state index in [0.717, 1.165) is 29.3 Å². The number of nitrogens with zero attached hydrogens (tertiary/aromatic N) is 1. The first-order valence-electron chi connectivity index (χ1n) is 12.1. The summed E-state index contributed by atoms with van der Waals surface area (Å²) in [5, 5.41) is 26.0. The van der Waals surface area contributed by atoms with Gasteiger partial charge in [-0.05, 0) is 31.4 Å². The van der Waals surface area contributed by atoms with Gasteiger partial charge in [-0.25, -0.2) is 0 Å². The molecule has 0 saturated carbocycles. The number of hydroxylamine groups is 2. The number of amides is 1. The fourth-order valence-electron chi connectivity index (χ4n) is 4.67. The van der Waals surface area contributed by atoms with Gasteiger partial charge in [0.05, 0.1) is 12.7 Å². The molecule has 1 aliphatic heterocycles. The number of aromatic nitrogens is 1. The first kappa shape index (κ1) is 24.7. The zero-order chi connectivity index (χ0) is 22.9. The second-order valence-electron chi connectivity index (χ2n) is 8.91. The van der Waals surface area contributed by atoms with Gasteiger partial charge in [0, 0.05) is 36.1 Å². The average Bonchev–Trinajstić information content (AvgIpc) is 3.37. The third-order valence-corrected chi connectivity index (χ3v) is 6.45. The summed E-state index contributed by atoms with van der Waals surface area (Å²) in [6.07, 6.45) is 8.23. The first-order chi connectivity index (χ1) is 15.6. The second kappa shape index (κ2) is 12.3. The summed E-state index contributed by atoms with van der Waals surface area (Å²) in [6, 6.07) is 7.52. The van der Waals surface area contributed by atoms with Crippen molar-refractivity contribution in [3.63, 3.8) is 0 Å². The monoisotopic (exact) mass is 445 g/mol. The van der Waals surface area contributed by atoms with Crippen LogP contribution in [0.15, 0.2) is 30.5 Å². The van der Waals surface area contributed by atoms with Gasteiger partial charge >= 0.3 is 0 Å². The van der Waals surface area contributed by atoms with Gasteiger partial charge in [-0.2, -0.15) is 5.06 Å². The SMILES string of the molecule is CCCCCCCCN1O[C@@H]([C@H](C)O)[C@@H](CO)[C@H]1C(=O)NCCc1c[nH]c2ccccc12. The molecular formula is C25H39N3O4. The average molecular weight is 446 g/mol. The van der Waals surface area contributed by atoms with Crippen molar-refractivity contribution in [1.82, 2.24) is 15.4 Å². The predicted molar refractivity (Wildman–Crippen MR) is 126 cm³/mol. The minimum Gasteiger partial charge on any atom is -0.396 e. The standard InChI is InChI=1S/C25H39N3O4/c1-3-4-5-6-7-10-15-28-23(21(17-29)24(32-28)18(2)30)25(31)26-14-13-19-16-27-22-12-9-8-11-20(19)22/h8-9,11-12,16,18,21,23-24,27,29-30H,3-7,10,13-15,17H2,1-2H3,(H,26,31)/t18-,21-,23-,24-/m0/s1. The molecular weight excluding hydrogens is 406 g/mol. The summed E-state index contributed by atoms with van der Waals surface area (Å²) in [5.74, 6) is -0.610. The van der Waals surface area contributed by atoms with Crippen molar-refractivity contribution in [1.29, 1.82) is 0 Å². The van der Waals surface area contributed by atoms with Crippen LogP contribution in [0.1, 0.15) is 57.9 Å². The van der Waals surface area contributed by atoms with E-state index in [1.54, 1.807) is 12.0 Å². The molecule has 0 aliphatic carbocycles. The molecule has 2 heterocycles. The number of rotatable bonds is 13. The number of aliphatic hydroxyl groups excluding tert-OH is 2. The maximum absolute atomic E-state index is 13.1. The van der Waals surface area contributed by atoms with E-state index in [1.807, 2.05) is 24.4 Å². The smallest absolute Gasteiger partial charge is 0.240 e. The fraction of sp³-hybridized carbons (Fsp3) is 0.640. The van der Waals surface area contributed by atoms with Gasteiger partial charge in [0.2, 0.25) is 5.91 Å². The van der Waals surface area contributed by atoms with Crippen LogP contribution in [0.25, 0.3) is 10.9 Å². The number of hydrogen-bond donors (Lipinski definition) is 4. The molecule has 7 heteroatoms. The van der Waals surface area contributed by atoms with E-state index in [2.05, 4.69) is 23.3 Å². The minimum absolute atomic E-state index is 0.155. The fourth-order valence-corrected chi connectivity index (χ4v) is 4.67. The van der Waals surface area contributed by atoms with E-state index in [1.165, 1.54) is 25.7 Å². The van der Waals surface area contributed by atoms with Crippen LogP contribution in [0.4, 0.5) is 0 Å². The lowest BCUT2D eigenvalue weighted by Crippen LogP contribution is -2.48. The number of aliphatic hydroxyl groups is 2. The first-order valence-corrected chi connectivity index (χ1v) is 12.1. The summed E-state index contributed by atoms with van der Waals surface area (Å²) in [4.78, 5) is 22.3. The Kier molecular flexibility index (Phi) is 9.53. The number of H-pyrrole nitrogens is 1. The van der Waals surface area contributed by atoms with Gasteiger partial charge in [0.1, 0.15) is 12.1 Å². The maximum atomic E-state index is 13.1. The number of nitrogens with one attached hydrogen (secondary N) is 2. The zero-order valence-electron chi connectivity index (χ0n) is 19.4. The van der Waals surface area contributed by atoms with Crippen molar-refractivity contribution in [2.24, 2.45) is 5.92 Å². The number of aromatic amines is 1. The number of unbranched alkanes of at least 4 members (excludes halogenated alkanes) is 5. The Morgan fingerprint density at radius 3 is 2.72 bits per heavy atom. The largest absolute Gasteiger partial charge is 0.396 e. The topological polar surface area (TPSA) is 97.8 Å². The maximum Gasteiger partial charge on any atom is 0.240 e. The number of para-hydroxylation sites is 1. The molecule has 178 valence electrons. The van der Waals surface area contributed by atoms with Crippen LogP contribution in [-0.2, 0) is 16.1 Å². The van der Waals surface area contributed by atoms with Gasteiger partial charge in [0.15, 0.2) is 0 Å². The molecule has 32 heavy (non-hydrogen) atoms. The van der Waals surface area contributed by atoms with Crippen LogP contribution in [0.5, 0.6) is 0 Å². The third-order valence-electron chi connectivity index (χ3n) is 6.45. The molecule has 4 atom stereocenters. The van der Waals surface area contributed by atoms with Crippen molar-refractivity contribution in [2.45, 2.75) is 77.0 Å². The Hall–Kier alpha value is -1.93. The Bertz CT molecular complexity index is 837. The van der Waals surface area contributed by atoms with Crippen molar-refractivity contribution in [2.75, 3.05) is 19.7 Å². The van der Waals surface area contributed by atoms with Crippen LogP contribution >= 0.6 is 0 Å². The summed E-state index contributed by atoms with van der Waals surface area (Å²) in [7, 11) is 0. The molecule has 0 bridgehead atoms. The summed E-state index contributed by atoms with van der Waals surface area (Å²) in [5.41, 5.74) is 2.25. The molecule has 4 N–H and O–H groups in total. The number of hydrogen-bond acceptors (Lipinski definition) is 5. The predicted octanol–water partition coefficient (Wildman–Crippen LogP) is 3.16. The van der Waals surface area contributed by atoms with E-state index >= 15 is 0 Å². The highest BCUT2D eigenvalue weighted by atomic mass is 16.7. The van der Waals surface area contributed by atoms with E-state index in [0.29, 0.717) is 19.5 Å². The lowest BCUT2D eigenvalue weighted by Gasteiger charge is -2.24. The van der Waals surface area contributed by atoms with Gasteiger partial charge in [-0.1, -0.05) is 57.2 Å². The van der Waals surface area contributed by atoms with Crippen LogP contribution in [0, 0.1) is 5.92 Å². The molecule has 0 spiro atoms. The van der Waals surface area contributed by atoms with Gasteiger partial charge in [-0.3, -0.25) is 9.63 Å². The normalized spacial score (nSPS) is 22.4. The summed E-state index contributed by atoms with van der Waals surface area (Å²) >= 11 is 0. The lowest BCUT2D eigenvalue weighted by atomic mass is 9.92. The Morgan fingerprint density at radius 2 is 1.97 bits per heavy atom. The molecule has 2 aromatic rings. The molecule has 1 aromatic carbocycles. The summed E-state index contributed by atoms with van der Waals surface area (Å²) in [6.45, 7) is 4.76. The number of carbonyl (C=O) groups is 1. The third kappa shape index (κ3) is 6.10. The van der Waals surface area contributed by atoms with E-state index in [9.17, 15) is 15.0 Å². The van der Waals surface area contributed by atoms with Crippen molar-refractivity contribution in [3.05, 3.63) is 36.0 Å². The van der Waals surface area contributed by atoms with Gasteiger partial charge in [0.25, 0.3) is 0 Å². The molecule has 7 nitrogen and oxygen atoms in total. The number of fused-ring (bicyclic) bond motifs is 1. The summed E-state index contributed by atoms with van der Waals surface area (Å²) < 4.78 is 0. The molecule has 1 fully saturated rings. The molecule has 0 unspecified atom stereocenters. The lowest BCUT2D eigenvalue weighted by molar-refractivity contribution is -0.187. The van der Waals surface area contributed by atoms with Crippen LogP contribution in [0.3, 0.4) is 0 Å². The van der Waals surface area contributed by atoms with E-state index < -0.39 is 24.2 Å². The molecule has 1 amide bonds. The van der Waals surface area contributed by atoms with Crippen LogP contribution in [0.2, 0.25) is 0 Å². The zero-order valence-corrected chi connectivity index (χ0v) is 19.4. The number of benzene rings is 1. The van der Waals surface area contributed by atoms with Gasteiger partial charge < -0.3 is 20.5 Å². The molecule has 1 aliphatic rings. The van der Waals surface area contributed by atoms with Crippen molar-refractivity contribution in [3.8, 4) is 0 Å². The van der Waals surface area contributed by atoms with E-state index in [-0.39, 0.29) is 12.5 Å². The quantitative estimate of drug-likeness (QED) is 0.355. The highest BCUT2D eigenvalue weighted by Crippen LogP contribution is 2.30. The molecule has 0 radical (unpaired) electrons. The van der Waals surface area contributed by atoms with Crippen molar-refractivity contribution < 1.29 is 19.8 Å². The Morgan fingerprint density at radius 1 is 1.22 bits per heavy atom. The van der Waals surface area contributed by atoms with Crippen molar-refractivity contribution >= 4 is 16.8 Å². The van der Waals surface area contributed by atoms with Crippen LogP contribution < -0.4 is 5.32 Å². The van der Waals surface area contributed by atoms with Gasteiger partial charge in [-0.15, -0.1) is 0 Å². The minimum atomic E-state index is -0.761. The highest BCUT2D eigenvalue weighted by Gasteiger charge is 2.48. The molecule has 3 rings (SSSR count). The van der Waals surface area contributed by atoms with E-state index in [4.69, 9.17) is 4.84 Å². The second-order valence-corrected chi connectivity index (χ2v) is 8.91. The number of carbonyl (C=O) groups excluding carboxylic acids is 1. The Labute approximate surface area is 191 Å². The van der Waals surface area contributed by atoms with Crippen LogP contribution in [-0.4, -0.2) is 64.1 Å². The Balaban J connectivity index is 1.57. The molecule has 1 saturated heterocycles.